The third-order valence-corrected chi connectivity index (χ3v) is 3.35. The lowest BCUT2D eigenvalue weighted by molar-refractivity contribution is -0.151. The van der Waals surface area contributed by atoms with Crippen LogP contribution in [0.5, 0.6) is 11.5 Å². The van der Waals surface area contributed by atoms with Crippen LogP contribution in [0.3, 0.4) is 0 Å². The Bertz CT molecular complexity index is 673. The highest BCUT2D eigenvalue weighted by molar-refractivity contribution is 6.62. The molecule has 22 heavy (non-hydrogen) atoms. The molecule has 0 amide bonds. The molecule has 0 aliphatic carbocycles. The smallest absolute Gasteiger partial charge is 0.464 e. The summed E-state index contributed by atoms with van der Waals surface area (Å²) >= 11 is 0. The van der Waals surface area contributed by atoms with Gasteiger partial charge in [-0.3, -0.25) is 0 Å². The summed E-state index contributed by atoms with van der Waals surface area (Å²) in [4.78, 5) is 11.8. The van der Waals surface area contributed by atoms with Gasteiger partial charge in [0, 0.05) is 0 Å². The number of para-hydroxylation sites is 1. The monoisotopic (exact) mass is 298 g/mol. The van der Waals surface area contributed by atoms with E-state index in [2.05, 4.69) is 0 Å². The summed E-state index contributed by atoms with van der Waals surface area (Å²) in [6.07, 6.45) is -0.893. The van der Waals surface area contributed by atoms with Crippen molar-refractivity contribution in [3.05, 3.63) is 54.1 Å². The summed E-state index contributed by atoms with van der Waals surface area (Å²) in [5.41, 5.74) is 1.12. The molecule has 0 fully saturated rings. The molecule has 0 saturated heterocycles. The predicted octanol–water partition coefficient (Wildman–Crippen LogP) is 1.80. The third kappa shape index (κ3) is 2.84. The number of esters is 1. The van der Waals surface area contributed by atoms with E-state index in [4.69, 9.17) is 14.1 Å². The zero-order valence-electron chi connectivity index (χ0n) is 12.1. The highest BCUT2D eigenvalue weighted by Gasteiger charge is 2.40. The summed E-state index contributed by atoms with van der Waals surface area (Å²) in [6.45, 7) is 1.99. The van der Waals surface area contributed by atoms with Crippen molar-refractivity contribution in [3.8, 4) is 11.5 Å². The second kappa shape index (κ2) is 6.21. The van der Waals surface area contributed by atoms with Crippen LogP contribution in [0, 0.1) is 0 Å². The Kier molecular flexibility index (Phi) is 4.13. The summed E-state index contributed by atoms with van der Waals surface area (Å²) < 4.78 is 15.9. The summed E-state index contributed by atoms with van der Waals surface area (Å²) in [5.74, 6) is 0.756. The van der Waals surface area contributed by atoms with Crippen LogP contribution >= 0.6 is 0 Å². The number of ether oxygens (including phenoxy) is 2. The zero-order chi connectivity index (χ0) is 15.5. The fourth-order valence-electron chi connectivity index (χ4n) is 2.37. The van der Waals surface area contributed by atoms with E-state index in [0.717, 1.165) is 0 Å². The zero-order valence-corrected chi connectivity index (χ0v) is 12.1. The summed E-state index contributed by atoms with van der Waals surface area (Å²) in [5, 5.41) is 9.97. The molecule has 6 heteroatoms. The number of benzene rings is 2. The molecule has 0 radical (unpaired) electrons. The molecule has 2 aromatic rings. The van der Waals surface area contributed by atoms with Gasteiger partial charge in [-0.15, -0.1) is 0 Å². The highest BCUT2D eigenvalue weighted by Crippen LogP contribution is 2.28. The van der Waals surface area contributed by atoms with Gasteiger partial charge in [0.2, 0.25) is 0 Å². The molecular formula is C16H15BO5. The van der Waals surface area contributed by atoms with E-state index in [9.17, 15) is 9.82 Å². The van der Waals surface area contributed by atoms with Crippen molar-refractivity contribution in [3.63, 3.8) is 0 Å². The summed E-state index contributed by atoms with van der Waals surface area (Å²) in [6, 6.07) is 14.4. The molecular weight excluding hydrogens is 283 g/mol. The van der Waals surface area contributed by atoms with E-state index >= 15 is 0 Å². The number of rotatable bonds is 4. The summed E-state index contributed by atoms with van der Waals surface area (Å²) in [7, 11) is -1.16. The van der Waals surface area contributed by atoms with Crippen LogP contribution in [-0.4, -0.2) is 24.7 Å². The SMILES string of the molecule is CCOC(=O)C1OB(O)c2cc(Oc3ccccc3)ccc21. The molecule has 5 nitrogen and oxygen atoms in total. The minimum Gasteiger partial charge on any atom is -0.464 e. The maximum atomic E-state index is 11.8. The lowest BCUT2D eigenvalue weighted by Crippen LogP contribution is -2.28. The van der Waals surface area contributed by atoms with Crippen LogP contribution in [-0.2, 0) is 14.2 Å². The number of carbonyl (C=O) groups excluding carboxylic acids is 1. The molecule has 2 aromatic carbocycles. The van der Waals surface area contributed by atoms with E-state index in [0.29, 0.717) is 22.5 Å². The molecule has 112 valence electrons. The topological polar surface area (TPSA) is 65.0 Å². The Morgan fingerprint density at radius 3 is 2.73 bits per heavy atom. The Balaban J connectivity index is 1.85. The van der Waals surface area contributed by atoms with Crippen LogP contribution in [0.1, 0.15) is 18.6 Å². The Morgan fingerprint density at radius 1 is 1.23 bits per heavy atom. The molecule has 1 aliphatic rings. The minimum atomic E-state index is -1.16. The molecule has 1 atom stereocenters. The fourth-order valence-corrected chi connectivity index (χ4v) is 2.37. The van der Waals surface area contributed by atoms with E-state index in [1.54, 1.807) is 25.1 Å². The first-order valence-corrected chi connectivity index (χ1v) is 7.06. The van der Waals surface area contributed by atoms with Gasteiger partial charge in [-0.25, -0.2) is 4.79 Å². The van der Waals surface area contributed by atoms with E-state index < -0.39 is 19.2 Å². The van der Waals surface area contributed by atoms with E-state index in [-0.39, 0.29) is 6.61 Å². The van der Waals surface area contributed by atoms with Crippen LogP contribution < -0.4 is 10.2 Å². The molecule has 3 rings (SSSR count). The lowest BCUT2D eigenvalue weighted by atomic mass is 9.79. The van der Waals surface area contributed by atoms with Crippen molar-refractivity contribution in [2.75, 3.05) is 6.61 Å². The fraction of sp³-hybridized carbons (Fsp3) is 0.188. The van der Waals surface area contributed by atoms with Crippen molar-refractivity contribution in [1.29, 1.82) is 0 Å². The number of fused-ring (bicyclic) bond motifs is 1. The number of carbonyl (C=O) groups is 1. The van der Waals surface area contributed by atoms with Crippen molar-refractivity contribution >= 4 is 18.6 Å². The molecule has 0 saturated carbocycles. The molecule has 1 aliphatic heterocycles. The molecule has 1 heterocycles. The second-order valence-corrected chi connectivity index (χ2v) is 4.83. The van der Waals surface area contributed by atoms with Crippen LogP contribution in [0.4, 0.5) is 0 Å². The van der Waals surface area contributed by atoms with E-state index in [1.165, 1.54) is 0 Å². The predicted molar refractivity (Wildman–Crippen MR) is 81.0 cm³/mol. The third-order valence-electron chi connectivity index (χ3n) is 3.35. The van der Waals surface area contributed by atoms with Gasteiger partial charge in [-0.1, -0.05) is 24.3 Å². The average Bonchev–Trinajstić information content (AvgIpc) is 2.86. The number of hydrogen-bond acceptors (Lipinski definition) is 5. The Hall–Kier alpha value is -2.31. The van der Waals surface area contributed by atoms with E-state index in [1.807, 2.05) is 30.3 Å². The standard InChI is InChI=1S/C16H15BO5/c1-2-20-16(18)15-13-9-8-12(10-14(13)17(19)22-15)21-11-6-4-3-5-7-11/h3-10,15,19H,2H2,1H3. The van der Waals surface area contributed by atoms with Crippen molar-refractivity contribution < 1.29 is 23.9 Å². The Labute approximate surface area is 128 Å². The molecule has 0 aromatic heterocycles. The molecule has 0 bridgehead atoms. The molecule has 1 N–H and O–H groups in total. The molecule has 0 spiro atoms. The van der Waals surface area contributed by atoms with Crippen LogP contribution in [0.15, 0.2) is 48.5 Å². The van der Waals surface area contributed by atoms with Gasteiger partial charge in [0.25, 0.3) is 0 Å². The highest BCUT2D eigenvalue weighted by atomic mass is 16.6. The van der Waals surface area contributed by atoms with Crippen LogP contribution in [0.25, 0.3) is 0 Å². The van der Waals surface area contributed by atoms with Crippen molar-refractivity contribution in [2.45, 2.75) is 13.0 Å². The van der Waals surface area contributed by atoms with Gasteiger partial charge >= 0.3 is 13.1 Å². The maximum absolute atomic E-state index is 11.8. The van der Waals surface area contributed by atoms with Gasteiger partial charge in [-0.05, 0) is 42.2 Å². The number of hydrogen-bond donors (Lipinski definition) is 1. The van der Waals surface area contributed by atoms with Crippen LogP contribution in [0.2, 0.25) is 0 Å². The maximum Gasteiger partial charge on any atom is 0.492 e. The van der Waals surface area contributed by atoms with Gasteiger partial charge in [-0.2, -0.15) is 0 Å². The van der Waals surface area contributed by atoms with Gasteiger partial charge in [0.05, 0.1) is 6.61 Å². The van der Waals surface area contributed by atoms with Crippen molar-refractivity contribution in [1.82, 2.24) is 0 Å². The lowest BCUT2D eigenvalue weighted by Gasteiger charge is -2.11. The minimum absolute atomic E-state index is 0.263. The molecule has 1 unspecified atom stereocenters. The van der Waals surface area contributed by atoms with Gasteiger partial charge in [0.1, 0.15) is 11.5 Å². The normalized spacial score (nSPS) is 16.3. The quantitative estimate of drug-likeness (QED) is 0.689. The largest absolute Gasteiger partial charge is 0.492 e. The van der Waals surface area contributed by atoms with Gasteiger partial charge in [0.15, 0.2) is 6.10 Å². The second-order valence-electron chi connectivity index (χ2n) is 4.83. The Morgan fingerprint density at radius 2 is 2.00 bits per heavy atom. The first kappa shape index (κ1) is 14.6. The first-order chi connectivity index (χ1) is 10.7. The van der Waals surface area contributed by atoms with Crippen molar-refractivity contribution in [2.24, 2.45) is 0 Å². The van der Waals surface area contributed by atoms with Gasteiger partial charge < -0.3 is 19.2 Å². The first-order valence-electron chi connectivity index (χ1n) is 7.06. The average molecular weight is 298 g/mol.